The van der Waals surface area contributed by atoms with E-state index in [1.54, 1.807) is 25.9 Å². The molecule has 0 aromatic rings. The second-order valence-corrected chi connectivity index (χ2v) is 5.84. The Hall–Kier alpha value is -1.10. The second kappa shape index (κ2) is 4.53. The Morgan fingerprint density at radius 3 is 2.56 bits per heavy atom. The molecule has 2 atom stereocenters. The molecule has 0 bridgehead atoms. The molecular formula is C13H22N2O3. The van der Waals surface area contributed by atoms with Crippen molar-refractivity contribution in [1.82, 2.24) is 10.2 Å². The van der Waals surface area contributed by atoms with Crippen molar-refractivity contribution < 1.29 is 14.3 Å². The molecule has 1 saturated carbocycles. The van der Waals surface area contributed by atoms with Crippen LogP contribution in [0.1, 0.15) is 33.6 Å². The zero-order valence-electron chi connectivity index (χ0n) is 11.5. The number of carbonyl (C=O) groups is 2. The van der Waals surface area contributed by atoms with E-state index < -0.39 is 5.54 Å². The third-order valence-electron chi connectivity index (χ3n) is 3.98. The minimum absolute atomic E-state index is 0.0333. The highest BCUT2D eigenvalue weighted by atomic mass is 16.5. The van der Waals surface area contributed by atoms with Crippen LogP contribution in [0.5, 0.6) is 0 Å². The highest BCUT2D eigenvalue weighted by Crippen LogP contribution is 2.36. The summed E-state index contributed by atoms with van der Waals surface area (Å²) in [5.74, 6) is 0.297. The van der Waals surface area contributed by atoms with Crippen LogP contribution < -0.4 is 5.32 Å². The summed E-state index contributed by atoms with van der Waals surface area (Å²) in [6.07, 6.45) is 1.99. The van der Waals surface area contributed by atoms with Crippen molar-refractivity contribution in [3.63, 3.8) is 0 Å². The van der Waals surface area contributed by atoms with Gasteiger partial charge in [-0.05, 0) is 39.5 Å². The summed E-state index contributed by atoms with van der Waals surface area (Å²) in [4.78, 5) is 26.3. The molecule has 2 amide bonds. The first-order valence-electron chi connectivity index (χ1n) is 6.53. The van der Waals surface area contributed by atoms with Crippen molar-refractivity contribution in [3.8, 4) is 0 Å². The number of nitrogens with zero attached hydrogens (tertiary/aromatic N) is 1. The number of methoxy groups -OCH3 is 1. The fourth-order valence-corrected chi connectivity index (χ4v) is 2.34. The van der Waals surface area contributed by atoms with Crippen molar-refractivity contribution in [2.45, 2.75) is 51.3 Å². The predicted molar refractivity (Wildman–Crippen MR) is 66.9 cm³/mol. The normalized spacial score (nSPS) is 29.1. The van der Waals surface area contributed by atoms with Gasteiger partial charge in [-0.3, -0.25) is 9.59 Å². The fourth-order valence-electron chi connectivity index (χ4n) is 2.34. The number of nitrogens with one attached hydrogen (secondary N) is 1. The minimum Gasteiger partial charge on any atom is -0.380 e. The van der Waals surface area contributed by atoms with Crippen LogP contribution in [0, 0.1) is 5.92 Å². The molecule has 2 unspecified atom stereocenters. The first kappa shape index (κ1) is 13.3. The predicted octanol–water partition coefficient (Wildman–Crippen LogP) is 0.537. The van der Waals surface area contributed by atoms with Gasteiger partial charge < -0.3 is 15.0 Å². The molecule has 0 radical (unpaired) electrons. The van der Waals surface area contributed by atoms with Gasteiger partial charge >= 0.3 is 0 Å². The fraction of sp³-hybridized carbons (Fsp3) is 0.846. The third kappa shape index (κ3) is 2.23. The Morgan fingerprint density at radius 2 is 2.06 bits per heavy atom. The summed E-state index contributed by atoms with van der Waals surface area (Å²) >= 11 is 0. The van der Waals surface area contributed by atoms with E-state index >= 15 is 0 Å². The van der Waals surface area contributed by atoms with Gasteiger partial charge in [0.1, 0.15) is 11.6 Å². The van der Waals surface area contributed by atoms with Crippen LogP contribution in [-0.2, 0) is 14.3 Å². The zero-order valence-corrected chi connectivity index (χ0v) is 11.5. The molecule has 2 fully saturated rings. The number of carbonyl (C=O) groups excluding carboxylic acids is 2. The largest absolute Gasteiger partial charge is 0.380 e. The van der Waals surface area contributed by atoms with Crippen LogP contribution in [0.2, 0.25) is 0 Å². The summed E-state index contributed by atoms with van der Waals surface area (Å²) in [5, 5.41) is 2.87. The summed E-state index contributed by atoms with van der Waals surface area (Å²) in [6.45, 7) is 5.93. The molecule has 1 heterocycles. The van der Waals surface area contributed by atoms with E-state index in [9.17, 15) is 9.59 Å². The SMILES string of the molecule is COC(C)CN1C(=O)C(C2CC2)NC(=O)C1(C)C. The first-order chi connectivity index (χ1) is 8.37. The minimum atomic E-state index is -0.796. The van der Waals surface area contributed by atoms with Gasteiger partial charge in [0.25, 0.3) is 0 Å². The van der Waals surface area contributed by atoms with E-state index in [0.29, 0.717) is 12.5 Å². The monoisotopic (exact) mass is 254 g/mol. The van der Waals surface area contributed by atoms with Crippen LogP contribution in [0.15, 0.2) is 0 Å². The summed E-state index contributed by atoms with van der Waals surface area (Å²) in [7, 11) is 1.62. The lowest BCUT2D eigenvalue weighted by Gasteiger charge is -2.45. The topological polar surface area (TPSA) is 58.6 Å². The smallest absolute Gasteiger partial charge is 0.246 e. The van der Waals surface area contributed by atoms with Gasteiger partial charge in [0.2, 0.25) is 11.8 Å². The third-order valence-corrected chi connectivity index (χ3v) is 3.98. The zero-order chi connectivity index (χ0) is 13.5. The number of amides is 2. The van der Waals surface area contributed by atoms with E-state index in [4.69, 9.17) is 4.74 Å². The van der Waals surface area contributed by atoms with Crippen LogP contribution in [0.4, 0.5) is 0 Å². The molecule has 0 aromatic heterocycles. The summed E-state index contributed by atoms with van der Waals surface area (Å²) in [6, 6.07) is -0.324. The average molecular weight is 254 g/mol. The Labute approximate surface area is 108 Å². The van der Waals surface area contributed by atoms with Gasteiger partial charge in [-0.25, -0.2) is 0 Å². The van der Waals surface area contributed by atoms with Gasteiger partial charge in [-0.15, -0.1) is 0 Å². The Balaban J connectivity index is 2.19. The maximum atomic E-state index is 12.5. The molecule has 1 saturated heterocycles. The highest BCUT2D eigenvalue weighted by Gasteiger charge is 2.50. The molecule has 1 aliphatic heterocycles. The maximum absolute atomic E-state index is 12.5. The van der Waals surface area contributed by atoms with Crippen LogP contribution in [0.3, 0.4) is 0 Å². The van der Waals surface area contributed by atoms with E-state index in [0.717, 1.165) is 12.8 Å². The molecule has 1 N–H and O–H groups in total. The quantitative estimate of drug-likeness (QED) is 0.796. The molecule has 102 valence electrons. The Kier molecular flexibility index (Phi) is 3.36. The highest BCUT2D eigenvalue weighted by molar-refractivity contribution is 5.99. The first-order valence-corrected chi connectivity index (χ1v) is 6.53. The van der Waals surface area contributed by atoms with E-state index in [1.807, 2.05) is 6.92 Å². The number of ether oxygens (including phenoxy) is 1. The van der Waals surface area contributed by atoms with Crippen molar-refractivity contribution >= 4 is 11.8 Å². The van der Waals surface area contributed by atoms with E-state index in [-0.39, 0.29) is 24.0 Å². The van der Waals surface area contributed by atoms with Crippen molar-refractivity contribution in [1.29, 1.82) is 0 Å². The summed E-state index contributed by atoms with van der Waals surface area (Å²) in [5.41, 5.74) is -0.796. The number of rotatable bonds is 4. The number of hydrogen-bond donors (Lipinski definition) is 1. The van der Waals surface area contributed by atoms with Gasteiger partial charge in [-0.2, -0.15) is 0 Å². The molecule has 5 heteroatoms. The Bertz CT molecular complexity index is 363. The lowest BCUT2D eigenvalue weighted by molar-refractivity contribution is -0.157. The lowest BCUT2D eigenvalue weighted by atomic mass is 9.93. The number of piperazine rings is 1. The maximum Gasteiger partial charge on any atom is 0.246 e. The van der Waals surface area contributed by atoms with Gasteiger partial charge in [0.05, 0.1) is 6.10 Å². The summed E-state index contributed by atoms with van der Waals surface area (Å²) < 4.78 is 5.22. The van der Waals surface area contributed by atoms with E-state index in [2.05, 4.69) is 5.32 Å². The van der Waals surface area contributed by atoms with Crippen molar-refractivity contribution in [2.24, 2.45) is 5.92 Å². The molecule has 0 aromatic carbocycles. The van der Waals surface area contributed by atoms with E-state index in [1.165, 1.54) is 0 Å². The van der Waals surface area contributed by atoms with Gasteiger partial charge in [-0.1, -0.05) is 0 Å². The molecule has 5 nitrogen and oxygen atoms in total. The van der Waals surface area contributed by atoms with Crippen molar-refractivity contribution in [3.05, 3.63) is 0 Å². The van der Waals surface area contributed by atoms with Gasteiger partial charge in [0, 0.05) is 13.7 Å². The standard InChI is InChI=1S/C13H22N2O3/c1-8(18-4)7-15-11(16)10(9-5-6-9)14-12(17)13(15,2)3/h8-10H,5-7H2,1-4H3,(H,14,17). The molecule has 0 spiro atoms. The average Bonchev–Trinajstić information content (AvgIpc) is 3.13. The molecule has 1 aliphatic carbocycles. The van der Waals surface area contributed by atoms with Crippen LogP contribution in [-0.4, -0.2) is 48.1 Å². The number of hydrogen-bond acceptors (Lipinski definition) is 3. The van der Waals surface area contributed by atoms with Crippen LogP contribution >= 0.6 is 0 Å². The van der Waals surface area contributed by atoms with Gasteiger partial charge in [0.15, 0.2) is 0 Å². The van der Waals surface area contributed by atoms with Crippen LogP contribution in [0.25, 0.3) is 0 Å². The Morgan fingerprint density at radius 1 is 1.44 bits per heavy atom. The molecule has 18 heavy (non-hydrogen) atoms. The molecule has 2 aliphatic rings. The second-order valence-electron chi connectivity index (χ2n) is 5.84. The lowest BCUT2D eigenvalue weighted by Crippen LogP contribution is -2.69. The molecule has 2 rings (SSSR count). The molecular weight excluding hydrogens is 232 g/mol. The van der Waals surface area contributed by atoms with Crippen molar-refractivity contribution in [2.75, 3.05) is 13.7 Å².